The molecule has 0 N–H and O–H groups in total. The van der Waals surface area contributed by atoms with E-state index in [0.717, 1.165) is 0 Å². The van der Waals surface area contributed by atoms with Gasteiger partial charge in [0.2, 0.25) is 5.91 Å². The summed E-state index contributed by atoms with van der Waals surface area (Å²) in [6.45, 7) is 7.70. The van der Waals surface area contributed by atoms with E-state index >= 15 is 0 Å². The summed E-state index contributed by atoms with van der Waals surface area (Å²) in [5.74, 6) is -0.00401. The number of rotatable bonds is 2. The maximum Gasteiger partial charge on any atom is 0.282 e. The number of carbonyl (C=O) groups excluding carboxylic acids is 1. The molecular formula is C12H23N3O4S. The number of morpholine rings is 1. The van der Waals surface area contributed by atoms with E-state index in [2.05, 4.69) is 0 Å². The maximum absolute atomic E-state index is 12.6. The van der Waals surface area contributed by atoms with Crippen molar-refractivity contribution in [1.29, 1.82) is 0 Å². The van der Waals surface area contributed by atoms with Crippen LogP contribution in [0.2, 0.25) is 0 Å². The molecule has 20 heavy (non-hydrogen) atoms. The lowest BCUT2D eigenvalue weighted by atomic mass is 10.3. The highest BCUT2D eigenvalue weighted by Crippen LogP contribution is 2.18. The highest BCUT2D eigenvalue weighted by molar-refractivity contribution is 7.86. The first kappa shape index (κ1) is 15.7. The predicted octanol–water partition coefficient (Wildman–Crippen LogP) is -0.495. The van der Waals surface area contributed by atoms with Gasteiger partial charge in [0.25, 0.3) is 10.2 Å². The summed E-state index contributed by atoms with van der Waals surface area (Å²) in [5.41, 5.74) is 0. The Bertz CT molecular complexity index is 449. The van der Waals surface area contributed by atoms with Crippen LogP contribution in [0.5, 0.6) is 0 Å². The Morgan fingerprint density at radius 3 is 1.95 bits per heavy atom. The third-order valence-corrected chi connectivity index (χ3v) is 5.69. The third-order valence-electron chi connectivity index (χ3n) is 3.72. The third kappa shape index (κ3) is 3.30. The molecule has 2 saturated heterocycles. The molecule has 8 heteroatoms. The zero-order valence-corrected chi connectivity index (χ0v) is 13.1. The first-order valence-electron chi connectivity index (χ1n) is 6.97. The quantitative estimate of drug-likeness (QED) is 0.690. The van der Waals surface area contributed by atoms with Gasteiger partial charge < -0.3 is 9.64 Å². The molecule has 1 amide bonds. The summed E-state index contributed by atoms with van der Waals surface area (Å²) in [6.07, 6.45) is -0.181. The van der Waals surface area contributed by atoms with Crippen molar-refractivity contribution >= 4 is 16.1 Å². The second-order valence-corrected chi connectivity index (χ2v) is 7.42. The van der Waals surface area contributed by atoms with Gasteiger partial charge in [-0.2, -0.15) is 17.0 Å². The van der Waals surface area contributed by atoms with E-state index in [4.69, 9.17) is 4.74 Å². The fourth-order valence-electron chi connectivity index (χ4n) is 2.72. The summed E-state index contributed by atoms with van der Waals surface area (Å²) in [6, 6.07) is 0. The van der Waals surface area contributed by atoms with Gasteiger partial charge in [0.15, 0.2) is 0 Å². The normalized spacial score (nSPS) is 30.4. The van der Waals surface area contributed by atoms with Gasteiger partial charge in [0.05, 0.1) is 12.2 Å². The van der Waals surface area contributed by atoms with Crippen LogP contribution in [0, 0.1) is 0 Å². The standard InChI is InChI=1S/C12H23N3O4S/c1-10-8-15(9-11(2)19-10)20(17,18)14-6-4-13(5-7-14)12(3)16/h10-11H,4-9H2,1-3H3/t10-,11-/m0/s1. The zero-order chi connectivity index (χ0) is 14.9. The number of hydrogen-bond acceptors (Lipinski definition) is 4. The summed E-state index contributed by atoms with van der Waals surface area (Å²) in [7, 11) is -3.45. The summed E-state index contributed by atoms with van der Waals surface area (Å²) < 4.78 is 33.7. The van der Waals surface area contributed by atoms with E-state index in [9.17, 15) is 13.2 Å². The molecule has 0 aromatic carbocycles. The van der Waals surface area contributed by atoms with E-state index in [1.807, 2.05) is 13.8 Å². The number of amides is 1. The number of nitrogens with zero attached hydrogens (tertiary/aromatic N) is 3. The first-order valence-corrected chi connectivity index (χ1v) is 8.36. The molecule has 2 rings (SSSR count). The zero-order valence-electron chi connectivity index (χ0n) is 12.3. The van der Waals surface area contributed by atoms with E-state index in [0.29, 0.717) is 39.3 Å². The van der Waals surface area contributed by atoms with Crippen molar-refractivity contribution in [3.05, 3.63) is 0 Å². The molecule has 2 fully saturated rings. The van der Waals surface area contributed by atoms with Crippen LogP contribution >= 0.6 is 0 Å². The van der Waals surface area contributed by atoms with Crippen molar-refractivity contribution in [2.75, 3.05) is 39.3 Å². The van der Waals surface area contributed by atoms with Gasteiger partial charge in [0, 0.05) is 46.2 Å². The Labute approximate surface area is 120 Å². The molecule has 0 aromatic heterocycles. The molecule has 7 nitrogen and oxygen atoms in total. The minimum Gasteiger partial charge on any atom is -0.373 e. The second-order valence-electron chi connectivity index (χ2n) is 5.49. The van der Waals surface area contributed by atoms with Crippen LogP contribution in [0.25, 0.3) is 0 Å². The largest absolute Gasteiger partial charge is 0.373 e. The van der Waals surface area contributed by atoms with Crippen LogP contribution in [-0.2, 0) is 19.7 Å². The lowest BCUT2D eigenvalue weighted by Gasteiger charge is -2.40. The van der Waals surface area contributed by atoms with E-state index in [-0.39, 0.29) is 18.1 Å². The first-order chi connectivity index (χ1) is 9.30. The molecular weight excluding hydrogens is 282 g/mol. The molecule has 0 spiro atoms. The average Bonchev–Trinajstić information content (AvgIpc) is 2.37. The minimum atomic E-state index is -3.45. The molecule has 2 atom stereocenters. The van der Waals surface area contributed by atoms with Gasteiger partial charge in [-0.3, -0.25) is 4.79 Å². The molecule has 2 aliphatic heterocycles. The molecule has 0 aliphatic carbocycles. The van der Waals surface area contributed by atoms with Crippen molar-refractivity contribution in [3.63, 3.8) is 0 Å². The Balaban J connectivity index is 2.02. The average molecular weight is 305 g/mol. The van der Waals surface area contributed by atoms with Crippen molar-refractivity contribution in [1.82, 2.24) is 13.5 Å². The lowest BCUT2D eigenvalue weighted by Crippen LogP contribution is -2.57. The molecule has 2 aliphatic rings. The van der Waals surface area contributed by atoms with Gasteiger partial charge >= 0.3 is 0 Å². The van der Waals surface area contributed by atoms with Crippen LogP contribution in [0.15, 0.2) is 0 Å². The summed E-state index contributed by atoms with van der Waals surface area (Å²) in [4.78, 5) is 13.0. The van der Waals surface area contributed by atoms with Crippen molar-refractivity contribution in [2.24, 2.45) is 0 Å². The van der Waals surface area contributed by atoms with Gasteiger partial charge in [-0.25, -0.2) is 0 Å². The Kier molecular flexibility index (Phi) is 4.68. The van der Waals surface area contributed by atoms with Gasteiger partial charge in [-0.05, 0) is 13.8 Å². The molecule has 2 heterocycles. The molecule has 0 radical (unpaired) electrons. The van der Waals surface area contributed by atoms with Gasteiger partial charge in [-0.15, -0.1) is 0 Å². The van der Waals surface area contributed by atoms with Gasteiger partial charge in [0.1, 0.15) is 0 Å². The van der Waals surface area contributed by atoms with Crippen LogP contribution in [0.3, 0.4) is 0 Å². The molecule has 0 bridgehead atoms. The summed E-state index contributed by atoms with van der Waals surface area (Å²) in [5, 5.41) is 0. The molecule has 0 aromatic rings. The highest BCUT2D eigenvalue weighted by Gasteiger charge is 2.36. The van der Waals surface area contributed by atoms with Crippen LogP contribution in [0.1, 0.15) is 20.8 Å². The van der Waals surface area contributed by atoms with Crippen molar-refractivity contribution in [3.8, 4) is 0 Å². The molecule has 116 valence electrons. The fourth-order valence-corrected chi connectivity index (χ4v) is 4.46. The summed E-state index contributed by atoms with van der Waals surface area (Å²) >= 11 is 0. The lowest BCUT2D eigenvalue weighted by molar-refractivity contribution is -0.130. The molecule has 0 saturated carbocycles. The van der Waals surface area contributed by atoms with Gasteiger partial charge in [-0.1, -0.05) is 0 Å². The number of piperazine rings is 1. The Morgan fingerprint density at radius 2 is 1.50 bits per heavy atom. The topological polar surface area (TPSA) is 70.2 Å². The monoisotopic (exact) mass is 305 g/mol. The van der Waals surface area contributed by atoms with Crippen LogP contribution < -0.4 is 0 Å². The van der Waals surface area contributed by atoms with Crippen LogP contribution in [-0.4, -0.2) is 79.3 Å². The smallest absolute Gasteiger partial charge is 0.282 e. The fraction of sp³-hybridized carbons (Fsp3) is 0.917. The minimum absolute atomic E-state index is 0.00401. The van der Waals surface area contributed by atoms with E-state index in [1.165, 1.54) is 15.5 Å². The van der Waals surface area contributed by atoms with Crippen molar-refractivity contribution < 1.29 is 17.9 Å². The van der Waals surface area contributed by atoms with Crippen LogP contribution in [0.4, 0.5) is 0 Å². The Hall–Kier alpha value is -0.700. The number of ether oxygens (including phenoxy) is 1. The predicted molar refractivity (Wildman–Crippen MR) is 74.3 cm³/mol. The second kappa shape index (κ2) is 5.97. The van der Waals surface area contributed by atoms with E-state index in [1.54, 1.807) is 4.90 Å². The molecule has 0 unspecified atom stereocenters. The number of hydrogen-bond donors (Lipinski definition) is 0. The van der Waals surface area contributed by atoms with E-state index < -0.39 is 10.2 Å². The van der Waals surface area contributed by atoms with Crippen molar-refractivity contribution in [2.45, 2.75) is 33.0 Å². The maximum atomic E-state index is 12.6. The Morgan fingerprint density at radius 1 is 1.00 bits per heavy atom. The highest BCUT2D eigenvalue weighted by atomic mass is 32.2. The SMILES string of the molecule is CC(=O)N1CCN(S(=O)(=O)N2C[C@H](C)O[C@@H](C)C2)CC1. The number of carbonyl (C=O) groups is 1.